The number of ether oxygens (including phenoxy) is 6. The molecule has 2 rings (SSSR count). The zero-order valence-electron chi connectivity index (χ0n) is 17.0. The van der Waals surface area contributed by atoms with Gasteiger partial charge >= 0.3 is 5.97 Å². The van der Waals surface area contributed by atoms with Gasteiger partial charge in [-0.2, -0.15) is 0 Å². The fourth-order valence-electron chi connectivity index (χ4n) is 3.12. The van der Waals surface area contributed by atoms with E-state index in [0.29, 0.717) is 6.42 Å². The maximum Gasteiger partial charge on any atom is 0.302 e. The largest absolute Gasteiger partial charge is 0.463 e. The minimum atomic E-state index is -1.29. The molecule has 0 amide bonds. The summed E-state index contributed by atoms with van der Waals surface area (Å²) in [5, 5.41) is 47.7. The van der Waals surface area contributed by atoms with E-state index in [2.05, 4.69) is 0 Å². The van der Waals surface area contributed by atoms with Gasteiger partial charge in [0.2, 0.25) is 0 Å². The summed E-state index contributed by atoms with van der Waals surface area (Å²) in [4.78, 5) is 11.0. The number of hydrogen-bond donors (Lipinski definition) is 5. The maximum atomic E-state index is 11.0. The highest BCUT2D eigenvalue weighted by Gasteiger charge is 2.52. The Morgan fingerprint density at radius 3 is 2.17 bits per heavy atom. The van der Waals surface area contributed by atoms with Crippen LogP contribution >= 0.6 is 0 Å². The van der Waals surface area contributed by atoms with Crippen molar-refractivity contribution in [2.45, 2.75) is 75.6 Å². The lowest BCUT2D eigenvalue weighted by molar-refractivity contribution is -0.278. The maximum absolute atomic E-state index is 11.0. The van der Waals surface area contributed by atoms with E-state index in [0.717, 1.165) is 0 Å². The van der Waals surface area contributed by atoms with Crippen molar-refractivity contribution >= 4 is 5.97 Å². The lowest BCUT2D eigenvalue weighted by Gasteiger charge is -2.34. The lowest BCUT2D eigenvalue weighted by Crippen LogP contribution is -2.47. The van der Waals surface area contributed by atoms with Gasteiger partial charge in [0.15, 0.2) is 12.6 Å². The second kappa shape index (κ2) is 12.2. The highest BCUT2D eigenvalue weighted by molar-refractivity contribution is 5.65. The molecule has 176 valence electrons. The molecule has 0 aliphatic carbocycles. The molecule has 12 nitrogen and oxygen atoms in total. The molecule has 0 aromatic rings. The Balaban J connectivity index is 1.92. The van der Waals surface area contributed by atoms with Crippen LogP contribution in [0.4, 0.5) is 0 Å². The molecule has 0 radical (unpaired) electrons. The second-order valence-electron chi connectivity index (χ2n) is 7.21. The van der Waals surface area contributed by atoms with Crippen LogP contribution in [0.25, 0.3) is 0 Å². The van der Waals surface area contributed by atoms with E-state index in [1.165, 1.54) is 13.8 Å². The summed E-state index contributed by atoms with van der Waals surface area (Å²) in [7, 11) is 0. The fraction of sp³-hybridized carbons (Fsp3) is 0.944. The summed E-state index contributed by atoms with van der Waals surface area (Å²) in [6, 6.07) is 0. The van der Waals surface area contributed by atoms with Crippen molar-refractivity contribution < 1.29 is 58.7 Å². The number of aliphatic hydroxyl groups is 5. The molecule has 12 heteroatoms. The van der Waals surface area contributed by atoms with Gasteiger partial charge in [0.05, 0.1) is 38.6 Å². The van der Waals surface area contributed by atoms with Crippen molar-refractivity contribution in [3.05, 3.63) is 0 Å². The molecule has 9 atom stereocenters. The highest BCUT2D eigenvalue weighted by atomic mass is 16.7. The quantitative estimate of drug-likeness (QED) is 0.107. The Morgan fingerprint density at radius 1 is 1.00 bits per heavy atom. The van der Waals surface area contributed by atoms with Crippen molar-refractivity contribution in [2.75, 3.05) is 33.0 Å². The number of carbonyl (C=O) groups is 1. The molecule has 2 fully saturated rings. The SMILES string of the molecule is CC(=O)OCC1OC(OC(CO)C(CO)OC(CO)OC(CO)C(C)O)CC2OC12. The van der Waals surface area contributed by atoms with E-state index < -0.39 is 75.5 Å². The van der Waals surface area contributed by atoms with Gasteiger partial charge in [0, 0.05) is 13.3 Å². The minimum Gasteiger partial charge on any atom is -0.463 e. The van der Waals surface area contributed by atoms with Gasteiger partial charge in [-0.05, 0) is 6.92 Å². The van der Waals surface area contributed by atoms with Gasteiger partial charge < -0.3 is 54.0 Å². The fourth-order valence-corrected chi connectivity index (χ4v) is 3.12. The van der Waals surface area contributed by atoms with E-state index in [1.54, 1.807) is 0 Å². The molecule has 2 aliphatic rings. The van der Waals surface area contributed by atoms with Gasteiger partial charge in [0.25, 0.3) is 0 Å². The van der Waals surface area contributed by atoms with Crippen LogP contribution in [0.1, 0.15) is 20.3 Å². The van der Waals surface area contributed by atoms with E-state index >= 15 is 0 Å². The summed E-state index contributed by atoms with van der Waals surface area (Å²) in [5.41, 5.74) is 0. The molecule has 9 unspecified atom stereocenters. The van der Waals surface area contributed by atoms with E-state index in [9.17, 15) is 30.3 Å². The molecule has 5 N–H and O–H groups in total. The summed E-state index contributed by atoms with van der Waals surface area (Å²) in [5.74, 6) is -0.450. The minimum absolute atomic E-state index is 0.00238. The first-order valence-electron chi connectivity index (χ1n) is 9.85. The monoisotopic (exact) mass is 440 g/mol. The first-order valence-corrected chi connectivity index (χ1v) is 9.85. The first-order chi connectivity index (χ1) is 14.3. The molecule has 2 heterocycles. The van der Waals surface area contributed by atoms with E-state index in [-0.39, 0.29) is 18.8 Å². The predicted octanol–water partition coefficient (Wildman–Crippen LogP) is -2.74. The molecule has 0 aromatic heterocycles. The Bertz CT molecular complexity index is 517. The second-order valence-corrected chi connectivity index (χ2v) is 7.21. The number of hydrogen-bond acceptors (Lipinski definition) is 12. The molecule has 30 heavy (non-hydrogen) atoms. The molecule has 0 spiro atoms. The van der Waals surface area contributed by atoms with Crippen molar-refractivity contribution in [3.8, 4) is 0 Å². The van der Waals surface area contributed by atoms with Gasteiger partial charge in [0.1, 0.15) is 37.1 Å². The number of esters is 1. The van der Waals surface area contributed by atoms with Gasteiger partial charge in [-0.25, -0.2) is 0 Å². The Kier molecular flexibility index (Phi) is 10.3. The Hall–Kier alpha value is -0.930. The predicted molar refractivity (Wildman–Crippen MR) is 97.0 cm³/mol. The van der Waals surface area contributed by atoms with Crippen LogP contribution in [0.15, 0.2) is 0 Å². The van der Waals surface area contributed by atoms with Gasteiger partial charge in [-0.1, -0.05) is 0 Å². The van der Waals surface area contributed by atoms with E-state index in [4.69, 9.17) is 28.4 Å². The van der Waals surface area contributed by atoms with Crippen molar-refractivity contribution in [2.24, 2.45) is 0 Å². The van der Waals surface area contributed by atoms with Crippen molar-refractivity contribution in [1.29, 1.82) is 0 Å². The number of rotatable bonds is 14. The van der Waals surface area contributed by atoms with Crippen LogP contribution in [0.3, 0.4) is 0 Å². The number of epoxide rings is 1. The molecule has 2 saturated heterocycles. The third-order valence-electron chi connectivity index (χ3n) is 4.81. The van der Waals surface area contributed by atoms with Crippen LogP contribution in [0.2, 0.25) is 0 Å². The summed E-state index contributed by atoms with van der Waals surface area (Å²) < 4.78 is 32.7. The zero-order valence-corrected chi connectivity index (χ0v) is 17.0. The molecule has 2 aliphatic heterocycles. The van der Waals surface area contributed by atoms with Crippen LogP contribution in [0.5, 0.6) is 0 Å². The van der Waals surface area contributed by atoms with Gasteiger partial charge in [-0.3, -0.25) is 4.79 Å². The zero-order chi connectivity index (χ0) is 22.3. The normalized spacial score (nSPS) is 30.6. The van der Waals surface area contributed by atoms with Crippen molar-refractivity contribution in [3.63, 3.8) is 0 Å². The third-order valence-corrected chi connectivity index (χ3v) is 4.81. The first kappa shape index (κ1) is 25.3. The summed E-state index contributed by atoms with van der Waals surface area (Å²) in [6.45, 7) is 0.442. The average molecular weight is 440 g/mol. The number of aliphatic hydroxyl groups excluding tert-OH is 5. The Morgan fingerprint density at radius 2 is 1.63 bits per heavy atom. The van der Waals surface area contributed by atoms with Crippen LogP contribution in [0, 0.1) is 0 Å². The molecular weight excluding hydrogens is 408 g/mol. The molecule has 0 saturated carbocycles. The average Bonchev–Trinajstić information content (AvgIpc) is 3.50. The molecule has 0 bridgehead atoms. The Labute approximate surface area is 174 Å². The molecule has 0 aromatic carbocycles. The van der Waals surface area contributed by atoms with Crippen molar-refractivity contribution in [1.82, 2.24) is 0 Å². The topological polar surface area (TPSA) is 177 Å². The van der Waals surface area contributed by atoms with Crippen LogP contribution < -0.4 is 0 Å². The van der Waals surface area contributed by atoms with E-state index in [1.807, 2.05) is 0 Å². The molecular formula is C18H32O12. The standard InChI is InChI=1S/C18H32O12/c1-9(23)12(4-19)26-17(7-22)28-14(6-21)13(5-20)27-16-3-11-18(30-11)15(29-16)8-25-10(2)24/h9,11-23H,3-8H2,1-2H3. The highest BCUT2D eigenvalue weighted by Crippen LogP contribution is 2.38. The van der Waals surface area contributed by atoms with Crippen LogP contribution in [-0.4, -0.2) is 120 Å². The number of fused-ring (bicyclic) bond motifs is 1. The summed E-state index contributed by atoms with van der Waals surface area (Å²) >= 11 is 0. The summed E-state index contributed by atoms with van der Waals surface area (Å²) in [6.07, 6.45) is -6.72. The lowest BCUT2D eigenvalue weighted by atomic mass is 10.1. The smallest absolute Gasteiger partial charge is 0.302 e. The number of carbonyl (C=O) groups excluding carboxylic acids is 1. The third kappa shape index (κ3) is 7.34. The van der Waals surface area contributed by atoms with Gasteiger partial charge in [-0.15, -0.1) is 0 Å². The van der Waals surface area contributed by atoms with Crippen LogP contribution in [-0.2, 0) is 33.2 Å².